The van der Waals surface area contributed by atoms with Gasteiger partial charge in [-0.1, -0.05) is 0 Å². The maximum atomic E-state index is 11.9. The lowest BCUT2D eigenvalue weighted by atomic mass is 9.83. The number of hydrogen-bond donors (Lipinski definition) is 0. The van der Waals surface area contributed by atoms with Crippen molar-refractivity contribution in [2.45, 2.75) is 66.3 Å². The summed E-state index contributed by atoms with van der Waals surface area (Å²) in [5, 5.41) is 0. The summed E-state index contributed by atoms with van der Waals surface area (Å²) in [5.41, 5.74) is 0.222. The third kappa shape index (κ3) is 3.93. The van der Waals surface area contributed by atoms with Crippen LogP contribution in [0.25, 0.3) is 0 Å². The number of carbonyl (C=O) groups is 1. The number of hydrogen-bond acceptors (Lipinski definition) is 5. The molecule has 1 saturated heterocycles. The minimum Gasteiger partial charge on any atom is -0.460 e. The molecule has 0 spiro atoms. The van der Waals surface area contributed by atoms with Gasteiger partial charge in [-0.15, -0.1) is 0 Å². The van der Waals surface area contributed by atoms with Gasteiger partial charge in [0.25, 0.3) is 0 Å². The zero-order chi connectivity index (χ0) is 17.5. The van der Waals surface area contributed by atoms with Crippen molar-refractivity contribution >= 4 is 18.7 Å². The highest BCUT2D eigenvalue weighted by atomic mass is 16.7. The molecule has 126 valence electrons. The van der Waals surface area contributed by atoms with E-state index in [1.165, 1.54) is 0 Å². The van der Waals surface area contributed by atoms with Crippen molar-refractivity contribution in [1.82, 2.24) is 4.98 Å². The van der Waals surface area contributed by atoms with E-state index in [1.807, 2.05) is 60.6 Å². The van der Waals surface area contributed by atoms with Gasteiger partial charge in [0.2, 0.25) is 0 Å². The van der Waals surface area contributed by atoms with Gasteiger partial charge in [-0.25, -0.2) is 0 Å². The normalized spacial score (nSPS) is 19.7. The summed E-state index contributed by atoms with van der Waals surface area (Å²) in [6, 6.07) is 3.68. The van der Waals surface area contributed by atoms with E-state index in [0.717, 1.165) is 5.56 Å². The lowest BCUT2D eigenvalue weighted by Crippen LogP contribution is -2.41. The van der Waals surface area contributed by atoms with E-state index in [9.17, 15) is 4.79 Å². The zero-order valence-corrected chi connectivity index (χ0v) is 15.1. The first kappa shape index (κ1) is 18.0. The number of esters is 1. The van der Waals surface area contributed by atoms with Gasteiger partial charge in [-0.05, 0) is 66.2 Å². The number of rotatable bonds is 3. The Kier molecular flexibility index (Phi) is 4.61. The Morgan fingerprint density at radius 2 is 1.78 bits per heavy atom. The molecule has 1 fully saturated rings. The Bertz CT molecular complexity index is 577. The number of ether oxygens (including phenoxy) is 1. The van der Waals surface area contributed by atoms with E-state index in [-0.39, 0.29) is 12.6 Å². The van der Waals surface area contributed by atoms with Gasteiger partial charge < -0.3 is 14.0 Å². The molecule has 1 aliphatic heterocycles. The van der Waals surface area contributed by atoms with Crippen LogP contribution in [-0.2, 0) is 25.4 Å². The van der Waals surface area contributed by atoms with E-state index in [0.29, 0.717) is 5.59 Å². The molecule has 6 heteroatoms. The van der Waals surface area contributed by atoms with Crippen LogP contribution in [0.1, 0.15) is 54.0 Å². The highest BCUT2D eigenvalue weighted by Gasteiger charge is 2.52. The van der Waals surface area contributed by atoms with E-state index < -0.39 is 23.7 Å². The Morgan fingerprint density at radius 3 is 2.30 bits per heavy atom. The van der Waals surface area contributed by atoms with Crippen LogP contribution in [0.5, 0.6) is 0 Å². The van der Waals surface area contributed by atoms with Crippen LogP contribution in [0.4, 0.5) is 0 Å². The highest BCUT2D eigenvalue weighted by molar-refractivity contribution is 6.61. The molecule has 2 heterocycles. The lowest BCUT2D eigenvalue weighted by Gasteiger charge is -2.32. The largest absolute Gasteiger partial charge is 0.514 e. The first-order valence-corrected chi connectivity index (χ1v) is 7.90. The first-order chi connectivity index (χ1) is 10.4. The average molecular weight is 319 g/mol. The van der Waals surface area contributed by atoms with Crippen molar-refractivity contribution in [2.75, 3.05) is 0 Å². The first-order valence-electron chi connectivity index (χ1n) is 7.90. The molecule has 5 nitrogen and oxygen atoms in total. The summed E-state index contributed by atoms with van der Waals surface area (Å²) in [7, 11) is -0.515. The van der Waals surface area contributed by atoms with Crippen LogP contribution in [0.15, 0.2) is 18.3 Å². The molecule has 1 aromatic heterocycles. The fourth-order valence-corrected chi connectivity index (χ4v) is 2.04. The zero-order valence-electron chi connectivity index (χ0n) is 15.1. The smallest absolute Gasteiger partial charge is 0.460 e. The quantitative estimate of drug-likeness (QED) is 0.633. The van der Waals surface area contributed by atoms with Crippen LogP contribution in [-0.4, -0.2) is 29.3 Å². The molecular weight excluding hydrogens is 293 g/mol. The molecule has 2 rings (SSSR count). The van der Waals surface area contributed by atoms with Gasteiger partial charge in [0, 0.05) is 6.20 Å². The SMILES string of the molecule is CC(C)(C)C(=O)OCc1ccnc(B2OC(C)(C)C(C)(C)O2)c1. The van der Waals surface area contributed by atoms with Crippen LogP contribution >= 0.6 is 0 Å². The Labute approximate surface area is 138 Å². The number of nitrogens with zero attached hydrogens (tertiary/aromatic N) is 1. The number of pyridine rings is 1. The van der Waals surface area contributed by atoms with E-state index in [2.05, 4.69) is 4.98 Å². The predicted molar refractivity (Wildman–Crippen MR) is 89.2 cm³/mol. The van der Waals surface area contributed by atoms with E-state index in [1.54, 1.807) is 6.20 Å². The minimum absolute atomic E-state index is 0.213. The molecule has 23 heavy (non-hydrogen) atoms. The summed E-state index contributed by atoms with van der Waals surface area (Å²) in [6.07, 6.45) is 1.68. The molecule has 0 unspecified atom stereocenters. The van der Waals surface area contributed by atoms with Gasteiger partial charge in [0.15, 0.2) is 0 Å². The van der Waals surface area contributed by atoms with Gasteiger partial charge >= 0.3 is 13.1 Å². The number of aromatic nitrogens is 1. The summed E-state index contributed by atoms with van der Waals surface area (Å²) < 4.78 is 17.3. The fraction of sp³-hybridized carbons (Fsp3) is 0.647. The second-order valence-corrected chi connectivity index (χ2v) is 8.00. The molecule has 0 amide bonds. The van der Waals surface area contributed by atoms with Gasteiger partial charge in [-0.3, -0.25) is 9.78 Å². The van der Waals surface area contributed by atoms with Crippen LogP contribution in [0.3, 0.4) is 0 Å². The summed E-state index contributed by atoms with van der Waals surface area (Å²) >= 11 is 0. The van der Waals surface area contributed by atoms with Crippen LogP contribution in [0, 0.1) is 5.41 Å². The van der Waals surface area contributed by atoms with Gasteiger partial charge in [0.1, 0.15) is 6.61 Å². The van der Waals surface area contributed by atoms with Crippen molar-refractivity contribution < 1.29 is 18.8 Å². The van der Waals surface area contributed by atoms with Crippen LogP contribution in [0.2, 0.25) is 0 Å². The molecule has 0 aliphatic carbocycles. The molecule has 0 saturated carbocycles. The Morgan fingerprint density at radius 1 is 1.22 bits per heavy atom. The standard InChI is InChI=1S/C17H26BNO4/c1-15(2,3)14(20)21-11-12-8-9-19-13(10-12)18-22-16(4,5)17(6,7)23-18/h8-10H,11H2,1-7H3. The average Bonchev–Trinajstić information content (AvgIpc) is 2.64. The summed E-state index contributed by atoms with van der Waals surface area (Å²) in [6.45, 7) is 13.7. The maximum absolute atomic E-state index is 11.9. The van der Waals surface area contributed by atoms with Crippen LogP contribution < -0.4 is 5.59 Å². The third-order valence-electron chi connectivity index (χ3n) is 4.32. The fourth-order valence-electron chi connectivity index (χ4n) is 2.04. The molecule has 0 bridgehead atoms. The van der Waals surface area contributed by atoms with Crippen molar-refractivity contribution in [1.29, 1.82) is 0 Å². The highest BCUT2D eigenvalue weighted by Crippen LogP contribution is 2.36. The Hall–Kier alpha value is -1.40. The molecule has 1 aromatic rings. The number of carbonyl (C=O) groups excluding carboxylic acids is 1. The second kappa shape index (κ2) is 5.91. The lowest BCUT2D eigenvalue weighted by molar-refractivity contribution is -0.154. The summed E-state index contributed by atoms with van der Waals surface area (Å²) in [4.78, 5) is 16.2. The molecule has 0 aromatic carbocycles. The molecule has 0 N–H and O–H groups in total. The predicted octanol–water partition coefficient (Wildman–Crippen LogP) is 2.47. The van der Waals surface area contributed by atoms with E-state index in [4.69, 9.17) is 14.0 Å². The van der Waals surface area contributed by atoms with E-state index >= 15 is 0 Å². The monoisotopic (exact) mass is 319 g/mol. The van der Waals surface area contributed by atoms with Gasteiger partial charge in [-0.2, -0.15) is 0 Å². The molecular formula is C17H26BNO4. The second-order valence-electron chi connectivity index (χ2n) is 8.00. The Balaban J connectivity index is 2.08. The third-order valence-corrected chi connectivity index (χ3v) is 4.32. The van der Waals surface area contributed by atoms with Crippen molar-refractivity contribution in [3.8, 4) is 0 Å². The molecule has 1 aliphatic rings. The topological polar surface area (TPSA) is 57.7 Å². The van der Waals surface area contributed by atoms with Crippen molar-refractivity contribution in [3.05, 3.63) is 23.9 Å². The maximum Gasteiger partial charge on any atom is 0.514 e. The van der Waals surface area contributed by atoms with Crippen molar-refractivity contribution in [2.24, 2.45) is 5.41 Å². The minimum atomic E-state index is -0.515. The summed E-state index contributed by atoms with van der Waals surface area (Å²) in [5.74, 6) is -0.230. The molecule has 0 radical (unpaired) electrons. The molecule has 0 atom stereocenters. The van der Waals surface area contributed by atoms with Crippen molar-refractivity contribution in [3.63, 3.8) is 0 Å². The van der Waals surface area contributed by atoms with Gasteiger partial charge in [0.05, 0.1) is 22.2 Å².